The van der Waals surface area contributed by atoms with Crippen LogP contribution in [0.15, 0.2) is 25.5 Å². The van der Waals surface area contributed by atoms with Crippen LogP contribution in [0.4, 0.5) is 0 Å². The molecule has 2 N–H and O–H groups in total. The number of hydrogen-bond donors (Lipinski definition) is 2. The molecule has 1 aromatic heterocycles. The molecule has 0 saturated carbocycles. The van der Waals surface area contributed by atoms with Crippen molar-refractivity contribution in [2.45, 2.75) is 33.9 Å². The Labute approximate surface area is 107 Å². The molecule has 0 aliphatic carbocycles. The van der Waals surface area contributed by atoms with Crippen LogP contribution in [-0.4, -0.2) is 20.5 Å². The van der Waals surface area contributed by atoms with Crippen molar-refractivity contribution in [3.63, 3.8) is 0 Å². The molecule has 0 aliphatic heterocycles. The Bertz CT molecular complexity index is 653. The SMILES string of the molecule is CC(C)=C(C)C(=O)OC(C)n1c(=O)[nH]c(=O)[nH]c1=O. The van der Waals surface area contributed by atoms with E-state index in [1.54, 1.807) is 20.8 Å². The average molecular weight is 269 g/mol. The van der Waals surface area contributed by atoms with E-state index in [1.807, 2.05) is 9.97 Å². The van der Waals surface area contributed by atoms with Crippen LogP contribution in [0.25, 0.3) is 0 Å². The zero-order chi connectivity index (χ0) is 14.7. The van der Waals surface area contributed by atoms with Gasteiger partial charge in [-0.1, -0.05) is 5.57 Å². The summed E-state index contributed by atoms with van der Waals surface area (Å²) < 4.78 is 5.59. The lowest BCUT2D eigenvalue weighted by atomic mass is 10.2. The number of rotatable bonds is 3. The van der Waals surface area contributed by atoms with Crippen LogP contribution in [-0.2, 0) is 9.53 Å². The highest BCUT2D eigenvalue weighted by atomic mass is 16.6. The monoisotopic (exact) mass is 269 g/mol. The number of aromatic nitrogens is 3. The molecule has 0 aromatic carbocycles. The molecule has 0 fully saturated rings. The number of ether oxygens (including phenoxy) is 1. The Hall–Kier alpha value is -2.38. The van der Waals surface area contributed by atoms with Gasteiger partial charge in [-0.15, -0.1) is 0 Å². The number of H-pyrrole nitrogens is 2. The Balaban J connectivity index is 3.11. The van der Waals surface area contributed by atoms with Gasteiger partial charge in [0.15, 0.2) is 6.23 Å². The minimum atomic E-state index is -1.13. The summed E-state index contributed by atoms with van der Waals surface area (Å²) in [6.45, 7) is 6.40. The molecule has 8 heteroatoms. The van der Waals surface area contributed by atoms with E-state index in [-0.39, 0.29) is 0 Å². The summed E-state index contributed by atoms with van der Waals surface area (Å²) in [7, 11) is 0. The van der Waals surface area contributed by atoms with Crippen LogP contribution in [0.5, 0.6) is 0 Å². The molecule has 104 valence electrons. The van der Waals surface area contributed by atoms with E-state index in [2.05, 4.69) is 0 Å². The number of aromatic amines is 2. The first-order valence-corrected chi connectivity index (χ1v) is 5.54. The number of carbonyl (C=O) groups is 1. The van der Waals surface area contributed by atoms with Gasteiger partial charge in [0.25, 0.3) is 0 Å². The van der Waals surface area contributed by atoms with Crippen LogP contribution in [0.2, 0.25) is 0 Å². The smallest absolute Gasteiger partial charge is 0.336 e. The number of esters is 1. The van der Waals surface area contributed by atoms with Crippen LogP contribution in [0.3, 0.4) is 0 Å². The molecule has 0 bridgehead atoms. The number of carbonyl (C=O) groups excluding carboxylic acids is 1. The van der Waals surface area contributed by atoms with Gasteiger partial charge < -0.3 is 4.74 Å². The predicted octanol–water partition coefficient (Wildman–Crippen LogP) is -0.357. The van der Waals surface area contributed by atoms with Crippen molar-refractivity contribution < 1.29 is 9.53 Å². The first-order chi connectivity index (χ1) is 8.73. The molecule has 0 saturated heterocycles. The highest BCUT2D eigenvalue weighted by Gasteiger charge is 2.17. The minimum absolute atomic E-state index is 0.390. The van der Waals surface area contributed by atoms with E-state index in [0.717, 1.165) is 5.57 Å². The van der Waals surface area contributed by atoms with Gasteiger partial charge >= 0.3 is 23.0 Å². The van der Waals surface area contributed by atoms with Gasteiger partial charge in [0.05, 0.1) is 0 Å². The standard InChI is InChI=1S/C11H15N3O5/c1-5(2)6(3)8(15)19-7(4)14-10(17)12-9(16)13-11(14)18/h7H,1-4H3,(H2,12,13,16,17,18). The third-order valence-electron chi connectivity index (χ3n) is 2.58. The van der Waals surface area contributed by atoms with Crippen LogP contribution < -0.4 is 17.1 Å². The largest absolute Gasteiger partial charge is 0.438 e. The van der Waals surface area contributed by atoms with Gasteiger partial charge in [-0.05, 0) is 27.7 Å². The van der Waals surface area contributed by atoms with E-state index >= 15 is 0 Å². The van der Waals surface area contributed by atoms with Gasteiger partial charge in [-0.25, -0.2) is 23.7 Å². The lowest BCUT2D eigenvalue weighted by Crippen LogP contribution is -2.45. The Kier molecular flexibility index (Phi) is 4.26. The fourth-order valence-electron chi connectivity index (χ4n) is 1.27. The molecular weight excluding hydrogens is 254 g/mol. The number of nitrogens with one attached hydrogen (secondary N) is 2. The van der Waals surface area contributed by atoms with E-state index in [9.17, 15) is 19.2 Å². The molecule has 0 radical (unpaired) electrons. The van der Waals surface area contributed by atoms with Gasteiger partial charge in [-0.2, -0.15) is 0 Å². The van der Waals surface area contributed by atoms with Crippen molar-refractivity contribution in [3.8, 4) is 0 Å². The summed E-state index contributed by atoms with van der Waals surface area (Å²) in [6, 6.07) is 0. The average Bonchev–Trinajstić information content (AvgIpc) is 2.25. The summed E-state index contributed by atoms with van der Waals surface area (Å²) >= 11 is 0. The first kappa shape index (κ1) is 14.7. The maximum atomic E-state index is 11.7. The van der Waals surface area contributed by atoms with Crippen molar-refractivity contribution in [3.05, 3.63) is 42.6 Å². The molecule has 1 rings (SSSR count). The van der Waals surface area contributed by atoms with Crippen LogP contribution in [0, 0.1) is 0 Å². The summed E-state index contributed by atoms with van der Waals surface area (Å²) in [4.78, 5) is 49.2. The van der Waals surface area contributed by atoms with Gasteiger partial charge in [0.1, 0.15) is 0 Å². The Morgan fingerprint density at radius 2 is 1.58 bits per heavy atom. The fourth-order valence-corrected chi connectivity index (χ4v) is 1.27. The first-order valence-electron chi connectivity index (χ1n) is 5.54. The minimum Gasteiger partial charge on any atom is -0.438 e. The van der Waals surface area contributed by atoms with Crippen molar-refractivity contribution in [1.29, 1.82) is 0 Å². The van der Waals surface area contributed by atoms with Gasteiger partial charge in [0.2, 0.25) is 0 Å². The third-order valence-corrected chi connectivity index (χ3v) is 2.58. The molecule has 1 aromatic rings. The molecular formula is C11H15N3O5. The number of allylic oxidation sites excluding steroid dienone is 1. The summed E-state index contributed by atoms with van der Waals surface area (Å²) in [6.07, 6.45) is -1.13. The molecule has 0 aliphatic rings. The maximum Gasteiger partial charge on any atom is 0.336 e. The summed E-state index contributed by atoms with van der Waals surface area (Å²) in [5.41, 5.74) is -1.64. The molecule has 0 spiro atoms. The van der Waals surface area contributed by atoms with Crippen molar-refractivity contribution in [1.82, 2.24) is 14.5 Å². The highest BCUT2D eigenvalue weighted by molar-refractivity contribution is 5.88. The molecule has 1 atom stereocenters. The topological polar surface area (TPSA) is 114 Å². The number of hydrogen-bond acceptors (Lipinski definition) is 5. The summed E-state index contributed by atoms with van der Waals surface area (Å²) in [5.74, 6) is -0.634. The van der Waals surface area contributed by atoms with Crippen LogP contribution >= 0.6 is 0 Å². The lowest BCUT2D eigenvalue weighted by Gasteiger charge is -2.14. The lowest BCUT2D eigenvalue weighted by molar-refractivity contribution is -0.148. The maximum absolute atomic E-state index is 11.7. The Morgan fingerprint density at radius 3 is 2.00 bits per heavy atom. The van der Waals surface area contributed by atoms with Crippen molar-refractivity contribution >= 4 is 5.97 Å². The Morgan fingerprint density at radius 1 is 1.11 bits per heavy atom. The molecule has 8 nitrogen and oxygen atoms in total. The van der Waals surface area contributed by atoms with E-state index in [0.29, 0.717) is 10.1 Å². The van der Waals surface area contributed by atoms with Crippen LogP contribution in [0.1, 0.15) is 33.9 Å². The molecule has 19 heavy (non-hydrogen) atoms. The second-order valence-corrected chi connectivity index (χ2v) is 4.19. The second-order valence-electron chi connectivity index (χ2n) is 4.19. The fraction of sp³-hybridized carbons (Fsp3) is 0.455. The van der Waals surface area contributed by atoms with Crippen molar-refractivity contribution in [2.75, 3.05) is 0 Å². The zero-order valence-corrected chi connectivity index (χ0v) is 11.1. The predicted molar refractivity (Wildman–Crippen MR) is 66.8 cm³/mol. The van der Waals surface area contributed by atoms with Gasteiger partial charge in [0, 0.05) is 5.57 Å². The zero-order valence-electron chi connectivity index (χ0n) is 11.1. The third kappa shape index (κ3) is 3.30. The van der Waals surface area contributed by atoms with E-state index in [1.165, 1.54) is 6.92 Å². The molecule has 0 amide bonds. The van der Waals surface area contributed by atoms with E-state index < -0.39 is 29.3 Å². The van der Waals surface area contributed by atoms with Gasteiger partial charge in [-0.3, -0.25) is 9.97 Å². The highest BCUT2D eigenvalue weighted by Crippen LogP contribution is 2.09. The second kappa shape index (κ2) is 5.51. The molecule has 1 unspecified atom stereocenters. The quantitative estimate of drug-likeness (QED) is 0.574. The number of nitrogens with zero attached hydrogens (tertiary/aromatic N) is 1. The van der Waals surface area contributed by atoms with Crippen molar-refractivity contribution in [2.24, 2.45) is 0 Å². The normalized spacial score (nSPS) is 11.8. The van der Waals surface area contributed by atoms with E-state index in [4.69, 9.17) is 4.74 Å². The summed E-state index contributed by atoms with van der Waals surface area (Å²) in [5, 5.41) is 0. The molecule has 1 heterocycles.